The van der Waals surface area contributed by atoms with E-state index in [9.17, 15) is 4.79 Å². The SMILES string of the molecule is CCOc1ccc([C@@H]2CC(=O)C3=C(C2)Nc2ccccc2N[C@@H]3c2cccnc2)cc1. The topological polar surface area (TPSA) is 63.2 Å². The quantitative estimate of drug-likeness (QED) is 0.597. The van der Waals surface area contributed by atoms with E-state index in [0.29, 0.717) is 13.0 Å². The molecule has 0 bridgehead atoms. The van der Waals surface area contributed by atoms with E-state index in [-0.39, 0.29) is 17.7 Å². The lowest BCUT2D eigenvalue weighted by Crippen LogP contribution is -2.26. The number of fused-ring (bicyclic) bond motifs is 1. The molecule has 5 rings (SSSR count). The van der Waals surface area contributed by atoms with Crippen molar-refractivity contribution in [2.75, 3.05) is 17.2 Å². The average molecular weight is 412 g/mol. The molecule has 3 aromatic rings. The van der Waals surface area contributed by atoms with E-state index in [0.717, 1.165) is 45.9 Å². The predicted octanol–water partition coefficient (Wildman–Crippen LogP) is 5.46. The number of aromatic nitrogens is 1. The van der Waals surface area contributed by atoms with Gasteiger partial charge >= 0.3 is 0 Å². The van der Waals surface area contributed by atoms with Crippen LogP contribution in [-0.4, -0.2) is 17.4 Å². The lowest BCUT2D eigenvalue weighted by molar-refractivity contribution is -0.116. The van der Waals surface area contributed by atoms with E-state index in [1.165, 1.54) is 0 Å². The molecule has 156 valence electrons. The molecule has 1 aromatic heterocycles. The second kappa shape index (κ2) is 8.26. The average Bonchev–Trinajstić information content (AvgIpc) is 2.97. The van der Waals surface area contributed by atoms with E-state index in [2.05, 4.69) is 27.8 Å². The fourth-order valence-electron chi connectivity index (χ4n) is 4.53. The molecule has 2 N–H and O–H groups in total. The third-order valence-corrected chi connectivity index (χ3v) is 5.99. The maximum absolute atomic E-state index is 13.5. The molecule has 1 aliphatic carbocycles. The molecular formula is C26H25N3O2. The van der Waals surface area contributed by atoms with E-state index < -0.39 is 0 Å². The van der Waals surface area contributed by atoms with Crippen LogP contribution in [0, 0.1) is 0 Å². The number of anilines is 2. The summed E-state index contributed by atoms with van der Waals surface area (Å²) in [6, 6.07) is 19.9. The first-order valence-electron chi connectivity index (χ1n) is 10.7. The van der Waals surface area contributed by atoms with Crippen molar-refractivity contribution in [2.24, 2.45) is 0 Å². The summed E-state index contributed by atoms with van der Waals surface area (Å²) in [6.45, 7) is 2.62. The van der Waals surface area contributed by atoms with Gasteiger partial charge in [-0.3, -0.25) is 9.78 Å². The van der Waals surface area contributed by atoms with Gasteiger partial charge in [-0.05, 0) is 60.7 Å². The molecule has 2 heterocycles. The van der Waals surface area contributed by atoms with Gasteiger partial charge in [0.25, 0.3) is 0 Å². The number of ketones is 1. The van der Waals surface area contributed by atoms with Crippen LogP contribution in [0.5, 0.6) is 5.75 Å². The largest absolute Gasteiger partial charge is 0.494 e. The van der Waals surface area contributed by atoms with Gasteiger partial charge < -0.3 is 15.4 Å². The van der Waals surface area contributed by atoms with Gasteiger partial charge in [-0.15, -0.1) is 0 Å². The Kier molecular flexibility index (Phi) is 5.16. The second-order valence-electron chi connectivity index (χ2n) is 7.96. The van der Waals surface area contributed by atoms with Crippen molar-refractivity contribution >= 4 is 17.2 Å². The number of rotatable bonds is 4. The summed E-state index contributed by atoms with van der Waals surface area (Å²) in [5.74, 6) is 1.16. The first kappa shape index (κ1) is 19.4. The highest BCUT2D eigenvalue weighted by atomic mass is 16.5. The number of carbonyl (C=O) groups is 1. The van der Waals surface area contributed by atoms with Gasteiger partial charge in [-0.25, -0.2) is 0 Å². The Bertz CT molecular complexity index is 1120. The van der Waals surface area contributed by atoms with Crippen LogP contribution < -0.4 is 15.4 Å². The number of pyridine rings is 1. The molecule has 2 aliphatic rings. The molecule has 2 aromatic carbocycles. The summed E-state index contributed by atoms with van der Waals surface area (Å²) in [5.41, 5.74) is 5.92. The van der Waals surface area contributed by atoms with Gasteiger partial charge in [0.2, 0.25) is 0 Å². The Hall–Kier alpha value is -3.60. The van der Waals surface area contributed by atoms with Crippen LogP contribution in [0.1, 0.15) is 42.9 Å². The Morgan fingerprint density at radius 1 is 0.968 bits per heavy atom. The molecule has 2 atom stereocenters. The molecule has 1 aliphatic heterocycles. The minimum Gasteiger partial charge on any atom is -0.494 e. The number of carbonyl (C=O) groups excluding carboxylic acids is 1. The molecule has 0 unspecified atom stereocenters. The van der Waals surface area contributed by atoms with Crippen LogP contribution >= 0.6 is 0 Å². The monoisotopic (exact) mass is 411 g/mol. The van der Waals surface area contributed by atoms with E-state index in [1.807, 2.05) is 61.7 Å². The highest BCUT2D eigenvalue weighted by Crippen LogP contribution is 2.44. The van der Waals surface area contributed by atoms with Gasteiger partial charge in [0.15, 0.2) is 5.78 Å². The van der Waals surface area contributed by atoms with Crippen LogP contribution in [0.15, 0.2) is 84.3 Å². The van der Waals surface area contributed by atoms with E-state index in [4.69, 9.17) is 4.74 Å². The number of allylic oxidation sites excluding steroid dienone is 1. The fourth-order valence-corrected chi connectivity index (χ4v) is 4.53. The van der Waals surface area contributed by atoms with Crippen molar-refractivity contribution in [3.63, 3.8) is 0 Å². The lowest BCUT2D eigenvalue weighted by atomic mass is 9.78. The van der Waals surface area contributed by atoms with Crippen LogP contribution in [0.2, 0.25) is 0 Å². The number of para-hydroxylation sites is 2. The third kappa shape index (κ3) is 3.79. The first-order chi connectivity index (χ1) is 15.2. The van der Waals surface area contributed by atoms with Crippen LogP contribution in [0.4, 0.5) is 11.4 Å². The molecule has 0 radical (unpaired) electrons. The van der Waals surface area contributed by atoms with Crippen LogP contribution in [0.3, 0.4) is 0 Å². The molecule has 5 heteroatoms. The normalized spacial score (nSPS) is 20.1. The molecule has 0 saturated carbocycles. The number of nitrogens with one attached hydrogen (secondary N) is 2. The van der Waals surface area contributed by atoms with E-state index in [1.54, 1.807) is 6.20 Å². The van der Waals surface area contributed by atoms with Crippen molar-refractivity contribution in [3.05, 3.63) is 95.5 Å². The summed E-state index contributed by atoms with van der Waals surface area (Å²) in [7, 11) is 0. The van der Waals surface area contributed by atoms with Gasteiger partial charge in [-0.2, -0.15) is 0 Å². The lowest BCUT2D eigenvalue weighted by Gasteiger charge is -2.29. The zero-order chi connectivity index (χ0) is 21.2. The van der Waals surface area contributed by atoms with Crippen molar-refractivity contribution in [3.8, 4) is 5.75 Å². The van der Waals surface area contributed by atoms with Gasteiger partial charge in [0, 0.05) is 30.1 Å². The highest BCUT2D eigenvalue weighted by molar-refractivity contribution is 6.01. The van der Waals surface area contributed by atoms with Crippen molar-refractivity contribution in [1.82, 2.24) is 4.98 Å². The van der Waals surface area contributed by atoms with Crippen molar-refractivity contribution in [1.29, 1.82) is 0 Å². The number of hydrogen-bond donors (Lipinski definition) is 2. The minimum atomic E-state index is -0.228. The van der Waals surface area contributed by atoms with Gasteiger partial charge in [0.05, 0.1) is 24.0 Å². The second-order valence-corrected chi connectivity index (χ2v) is 7.96. The molecular weight excluding hydrogens is 386 g/mol. The minimum absolute atomic E-state index is 0.134. The van der Waals surface area contributed by atoms with Crippen molar-refractivity contribution < 1.29 is 9.53 Å². The fraction of sp³-hybridized carbons (Fsp3) is 0.231. The number of benzene rings is 2. The Labute approximate surface area is 182 Å². The zero-order valence-corrected chi connectivity index (χ0v) is 17.5. The van der Waals surface area contributed by atoms with Crippen LogP contribution in [0.25, 0.3) is 0 Å². The number of hydrogen-bond acceptors (Lipinski definition) is 5. The van der Waals surface area contributed by atoms with E-state index >= 15 is 0 Å². The number of ether oxygens (including phenoxy) is 1. The number of nitrogens with zero attached hydrogens (tertiary/aromatic N) is 1. The highest BCUT2D eigenvalue weighted by Gasteiger charge is 2.36. The maximum Gasteiger partial charge on any atom is 0.163 e. The molecule has 0 fully saturated rings. The smallest absolute Gasteiger partial charge is 0.163 e. The molecule has 5 nitrogen and oxygen atoms in total. The summed E-state index contributed by atoms with van der Waals surface area (Å²) in [4.78, 5) is 17.8. The van der Waals surface area contributed by atoms with Gasteiger partial charge in [0.1, 0.15) is 5.75 Å². The summed E-state index contributed by atoms with van der Waals surface area (Å²) in [5, 5.41) is 7.16. The molecule has 0 amide bonds. The molecule has 0 saturated heterocycles. The molecule has 31 heavy (non-hydrogen) atoms. The first-order valence-corrected chi connectivity index (χ1v) is 10.7. The Balaban J connectivity index is 1.54. The Morgan fingerprint density at radius 2 is 1.77 bits per heavy atom. The van der Waals surface area contributed by atoms with Crippen LogP contribution in [-0.2, 0) is 4.79 Å². The Morgan fingerprint density at radius 3 is 2.52 bits per heavy atom. The predicted molar refractivity (Wildman–Crippen MR) is 122 cm³/mol. The zero-order valence-electron chi connectivity index (χ0n) is 17.5. The standard InChI is InChI=1S/C26H25N3O2/c1-2-31-20-11-9-17(10-12-20)19-14-23-25(24(30)15-19)26(18-6-5-13-27-16-18)29-22-8-4-3-7-21(22)28-23/h3-13,16,19,26,28-29H,2,14-15H2,1H3/t19-,26+/m0/s1. The van der Waals surface area contributed by atoms with Crippen molar-refractivity contribution in [2.45, 2.75) is 31.7 Å². The summed E-state index contributed by atoms with van der Waals surface area (Å²) < 4.78 is 5.57. The summed E-state index contributed by atoms with van der Waals surface area (Å²) in [6.07, 6.45) is 4.86. The number of Topliss-reactive ketones (excluding diaryl/α,β-unsaturated/α-hetero) is 1. The summed E-state index contributed by atoms with van der Waals surface area (Å²) >= 11 is 0. The maximum atomic E-state index is 13.5. The van der Waals surface area contributed by atoms with Gasteiger partial charge in [-0.1, -0.05) is 30.3 Å². The molecule has 0 spiro atoms. The third-order valence-electron chi connectivity index (χ3n) is 5.99.